The Morgan fingerprint density at radius 3 is 2.60 bits per heavy atom. The number of pyridine rings is 1. The number of anilines is 1. The van der Waals surface area contributed by atoms with Crippen molar-refractivity contribution in [1.29, 1.82) is 0 Å². The van der Waals surface area contributed by atoms with Gasteiger partial charge < -0.3 is 10.6 Å². The van der Waals surface area contributed by atoms with Crippen molar-refractivity contribution in [3.63, 3.8) is 0 Å². The van der Waals surface area contributed by atoms with Crippen molar-refractivity contribution in [3.8, 4) is 11.3 Å². The maximum absolute atomic E-state index is 13.1. The van der Waals surface area contributed by atoms with E-state index in [-0.39, 0.29) is 16.6 Å². The van der Waals surface area contributed by atoms with Gasteiger partial charge in [0, 0.05) is 19.7 Å². The SMILES string of the molecule is CN(C)c1cc(C(F)(F)F)cc(-c2cccc(C=NNC(N)=S)c2)n1. The summed E-state index contributed by atoms with van der Waals surface area (Å²) in [4.78, 5) is 5.82. The van der Waals surface area contributed by atoms with Crippen molar-refractivity contribution in [2.45, 2.75) is 6.18 Å². The summed E-state index contributed by atoms with van der Waals surface area (Å²) in [7, 11) is 3.27. The highest BCUT2D eigenvalue weighted by molar-refractivity contribution is 7.80. The summed E-state index contributed by atoms with van der Waals surface area (Å²) >= 11 is 4.63. The Bertz CT molecular complexity index is 803. The molecule has 1 heterocycles. The number of benzene rings is 1. The minimum absolute atomic E-state index is 0.0163. The van der Waals surface area contributed by atoms with E-state index in [9.17, 15) is 13.2 Å². The lowest BCUT2D eigenvalue weighted by Crippen LogP contribution is -2.23. The summed E-state index contributed by atoms with van der Waals surface area (Å²) in [5.41, 5.74) is 8.34. The van der Waals surface area contributed by atoms with E-state index in [2.05, 4.69) is 27.7 Å². The fraction of sp³-hybridized carbons (Fsp3) is 0.188. The van der Waals surface area contributed by atoms with Crippen molar-refractivity contribution in [3.05, 3.63) is 47.5 Å². The lowest BCUT2D eigenvalue weighted by atomic mass is 10.1. The number of hydrazone groups is 1. The number of halogens is 3. The lowest BCUT2D eigenvalue weighted by molar-refractivity contribution is -0.137. The van der Waals surface area contributed by atoms with E-state index in [1.807, 2.05) is 0 Å². The first-order valence-corrected chi connectivity index (χ1v) is 7.53. The van der Waals surface area contributed by atoms with E-state index in [1.54, 1.807) is 38.4 Å². The zero-order valence-corrected chi connectivity index (χ0v) is 14.3. The second-order valence-corrected chi connectivity index (χ2v) is 5.79. The highest BCUT2D eigenvalue weighted by Crippen LogP contribution is 2.33. The molecule has 0 spiro atoms. The first-order chi connectivity index (χ1) is 11.7. The molecule has 0 aliphatic rings. The van der Waals surface area contributed by atoms with Gasteiger partial charge >= 0.3 is 6.18 Å². The van der Waals surface area contributed by atoms with Crippen LogP contribution in [0.3, 0.4) is 0 Å². The van der Waals surface area contributed by atoms with E-state index < -0.39 is 11.7 Å². The minimum atomic E-state index is -4.46. The molecule has 25 heavy (non-hydrogen) atoms. The molecule has 0 amide bonds. The predicted molar refractivity (Wildman–Crippen MR) is 96.5 cm³/mol. The maximum Gasteiger partial charge on any atom is 0.416 e. The number of hydrogen-bond acceptors (Lipinski definition) is 4. The highest BCUT2D eigenvalue weighted by Gasteiger charge is 2.32. The molecule has 2 aromatic rings. The number of rotatable bonds is 4. The molecular weight excluding hydrogens is 351 g/mol. The molecule has 0 atom stereocenters. The van der Waals surface area contributed by atoms with Crippen LogP contribution in [0.25, 0.3) is 11.3 Å². The Morgan fingerprint density at radius 1 is 1.28 bits per heavy atom. The average molecular weight is 367 g/mol. The molecule has 0 radical (unpaired) electrons. The number of thiocarbonyl (C=S) groups is 1. The largest absolute Gasteiger partial charge is 0.416 e. The zero-order chi connectivity index (χ0) is 18.6. The average Bonchev–Trinajstić information content (AvgIpc) is 2.53. The van der Waals surface area contributed by atoms with Crippen molar-refractivity contribution in [2.75, 3.05) is 19.0 Å². The van der Waals surface area contributed by atoms with Gasteiger partial charge in [0.2, 0.25) is 0 Å². The first kappa shape index (κ1) is 18.7. The summed E-state index contributed by atoms with van der Waals surface area (Å²) in [6.07, 6.45) is -2.99. The molecule has 0 saturated heterocycles. The fourth-order valence-corrected chi connectivity index (χ4v) is 2.06. The van der Waals surface area contributed by atoms with Crippen LogP contribution in [-0.4, -0.2) is 30.4 Å². The van der Waals surface area contributed by atoms with Gasteiger partial charge in [-0.05, 0) is 36.0 Å². The summed E-state index contributed by atoms with van der Waals surface area (Å²) in [6.45, 7) is 0. The topological polar surface area (TPSA) is 66.5 Å². The van der Waals surface area contributed by atoms with Crippen molar-refractivity contribution >= 4 is 29.4 Å². The molecular formula is C16H16F3N5S. The van der Waals surface area contributed by atoms with Crippen molar-refractivity contribution in [2.24, 2.45) is 10.8 Å². The van der Waals surface area contributed by atoms with Crippen LogP contribution in [0.15, 0.2) is 41.5 Å². The van der Waals surface area contributed by atoms with E-state index >= 15 is 0 Å². The zero-order valence-electron chi connectivity index (χ0n) is 13.5. The van der Waals surface area contributed by atoms with Gasteiger partial charge in [-0.15, -0.1) is 0 Å². The molecule has 0 aliphatic heterocycles. The molecule has 1 aromatic carbocycles. The summed E-state index contributed by atoms with van der Waals surface area (Å²) in [6, 6.07) is 8.84. The van der Waals surface area contributed by atoms with Gasteiger partial charge in [-0.3, -0.25) is 5.43 Å². The Morgan fingerprint density at radius 2 is 2.00 bits per heavy atom. The van der Waals surface area contributed by atoms with Gasteiger partial charge in [-0.25, -0.2) is 4.98 Å². The predicted octanol–water partition coefficient (Wildman–Crippen LogP) is 3.00. The Balaban J connectivity index is 2.45. The molecule has 3 N–H and O–H groups in total. The van der Waals surface area contributed by atoms with Gasteiger partial charge in [-0.2, -0.15) is 18.3 Å². The fourth-order valence-electron chi connectivity index (χ4n) is 2.01. The van der Waals surface area contributed by atoms with Crippen molar-refractivity contribution < 1.29 is 13.2 Å². The van der Waals surface area contributed by atoms with E-state index in [4.69, 9.17) is 5.73 Å². The molecule has 0 saturated carbocycles. The molecule has 132 valence electrons. The van der Waals surface area contributed by atoms with Gasteiger partial charge in [-0.1, -0.05) is 18.2 Å². The first-order valence-electron chi connectivity index (χ1n) is 7.12. The number of alkyl halides is 3. The Kier molecular flexibility index (Phi) is 5.58. The highest BCUT2D eigenvalue weighted by atomic mass is 32.1. The van der Waals surface area contributed by atoms with Gasteiger partial charge in [0.05, 0.1) is 17.5 Å². The van der Waals surface area contributed by atoms with Crippen LogP contribution in [-0.2, 0) is 6.18 Å². The van der Waals surface area contributed by atoms with Gasteiger partial charge in [0.15, 0.2) is 5.11 Å². The van der Waals surface area contributed by atoms with Crippen LogP contribution in [0.5, 0.6) is 0 Å². The number of nitrogens with one attached hydrogen (secondary N) is 1. The molecule has 0 unspecified atom stereocenters. The van der Waals surface area contributed by atoms with Gasteiger partial charge in [0.1, 0.15) is 5.82 Å². The molecule has 2 rings (SSSR count). The number of aromatic nitrogens is 1. The normalized spacial score (nSPS) is 11.6. The lowest BCUT2D eigenvalue weighted by Gasteiger charge is -2.16. The van der Waals surface area contributed by atoms with Crippen LogP contribution in [0.2, 0.25) is 0 Å². The summed E-state index contributed by atoms with van der Waals surface area (Å²) in [5, 5.41) is 3.84. The third-order valence-electron chi connectivity index (χ3n) is 3.17. The van der Waals surface area contributed by atoms with E-state index in [0.29, 0.717) is 11.1 Å². The van der Waals surface area contributed by atoms with Crippen LogP contribution in [0, 0.1) is 0 Å². The smallest absolute Gasteiger partial charge is 0.375 e. The van der Waals surface area contributed by atoms with E-state index in [1.165, 1.54) is 11.1 Å². The minimum Gasteiger partial charge on any atom is -0.375 e. The molecule has 0 aliphatic carbocycles. The summed E-state index contributed by atoms with van der Waals surface area (Å²) in [5.74, 6) is 0.221. The molecule has 0 bridgehead atoms. The van der Waals surface area contributed by atoms with E-state index in [0.717, 1.165) is 12.1 Å². The summed E-state index contributed by atoms with van der Waals surface area (Å²) < 4.78 is 39.4. The second kappa shape index (κ2) is 7.47. The monoisotopic (exact) mass is 367 g/mol. The second-order valence-electron chi connectivity index (χ2n) is 5.35. The maximum atomic E-state index is 13.1. The molecule has 0 fully saturated rings. The third kappa shape index (κ3) is 5.15. The van der Waals surface area contributed by atoms with Crippen LogP contribution >= 0.6 is 12.2 Å². The number of nitrogens with zero attached hydrogens (tertiary/aromatic N) is 3. The molecule has 1 aromatic heterocycles. The Labute approximate surface area is 148 Å². The van der Waals surface area contributed by atoms with Crippen LogP contribution in [0.4, 0.5) is 19.0 Å². The van der Waals surface area contributed by atoms with Gasteiger partial charge in [0.25, 0.3) is 0 Å². The Hall–Kier alpha value is -2.68. The molecule has 5 nitrogen and oxygen atoms in total. The number of nitrogens with two attached hydrogens (primary N) is 1. The third-order valence-corrected chi connectivity index (χ3v) is 3.26. The van der Waals surface area contributed by atoms with Crippen LogP contribution in [0.1, 0.15) is 11.1 Å². The number of hydrogen-bond donors (Lipinski definition) is 2. The quantitative estimate of drug-likeness (QED) is 0.494. The van der Waals surface area contributed by atoms with Crippen LogP contribution < -0.4 is 16.1 Å². The van der Waals surface area contributed by atoms with Crippen molar-refractivity contribution in [1.82, 2.24) is 10.4 Å². The molecule has 9 heteroatoms. The standard InChI is InChI=1S/C16H16F3N5S/c1-24(2)14-8-12(16(17,18)19)7-13(22-14)11-5-3-4-10(6-11)9-21-23-15(20)25/h3-9H,1-2H3,(H3,20,23,25).